The number of likely N-dealkylation sites (tertiary alicyclic amines) is 1. The molecule has 0 aliphatic carbocycles. The second-order valence-electron chi connectivity index (χ2n) is 6.15. The molecule has 1 N–H and O–H groups in total. The Balaban J connectivity index is 1.86. The summed E-state index contributed by atoms with van der Waals surface area (Å²) in [5.41, 5.74) is 2.72. The van der Waals surface area contributed by atoms with Gasteiger partial charge < -0.3 is 5.32 Å². The van der Waals surface area contributed by atoms with Crippen LogP contribution in [0.15, 0.2) is 24.3 Å². The van der Waals surface area contributed by atoms with E-state index in [0.29, 0.717) is 0 Å². The largest absolute Gasteiger partial charge is 0.356 e. The maximum Gasteiger partial charge on any atom is 0.224 e. The van der Waals surface area contributed by atoms with Crippen LogP contribution in [0.5, 0.6) is 0 Å². The fourth-order valence-electron chi connectivity index (χ4n) is 2.97. The number of nitrogens with zero attached hydrogens (tertiary/aromatic N) is 1. The Kier molecular flexibility index (Phi) is 6.24. The van der Waals surface area contributed by atoms with Gasteiger partial charge in [-0.25, -0.2) is 0 Å². The van der Waals surface area contributed by atoms with Gasteiger partial charge in [0.05, 0.1) is 5.92 Å². The summed E-state index contributed by atoms with van der Waals surface area (Å²) < 4.78 is 0. The van der Waals surface area contributed by atoms with Crippen LogP contribution in [0.4, 0.5) is 0 Å². The number of nitrogens with one attached hydrogen (secondary N) is 1. The Labute approximate surface area is 128 Å². The molecule has 1 amide bonds. The third-order valence-electron chi connectivity index (χ3n) is 4.36. The van der Waals surface area contributed by atoms with Crippen molar-refractivity contribution >= 4 is 5.91 Å². The Bertz CT molecular complexity index is 458. The first-order valence-electron chi connectivity index (χ1n) is 8.25. The number of carbonyl (C=O) groups excluding carboxylic acids is 1. The van der Waals surface area contributed by atoms with Crippen molar-refractivity contribution in [2.75, 3.05) is 19.6 Å². The molecule has 1 fully saturated rings. The maximum atomic E-state index is 12.2. The molecule has 1 unspecified atom stereocenters. The van der Waals surface area contributed by atoms with E-state index in [2.05, 4.69) is 48.3 Å². The standard InChI is InChI=1S/C18H28N2O/c1-3-4-11-19-18(21)17-10-7-12-20(14-17)13-16-9-6-5-8-15(16)2/h5-6,8-9,17H,3-4,7,10-14H2,1-2H3,(H,19,21). The molecule has 0 saturated carbocycles. The topological polar surface area (TPSA) is 32.3 Å². The van der Waals surface area contributed by atoms with Gasteiger partial charge in [0.15, 0.2) is 0 Å². The van der Waals surface area contributed by atoms with Crippen LogP contribution in [0.25, 0.3) is 0 Å². The smallest absolute Gasteiger partial charge is 0.224 e. The highest BCUT2D eigenvalue weighted by molar-refractivity contribution is 5.78. The molecule has 3 nitrogen and oxygen atoms in total. The molecule has 1 aromatic rings. The zero-order valence-electron chi connectivity index (χ0n) is 13.4. The van der Waals surface area contributed by atoms with Crippen molar-refractivity contribution in [2.24, 2.45) is 5.92 Å². The normalized spacial score (nSPS) is 19.4. The number of hydrogen-bond donors (Lipinski definition) is 1. The number of piperidine rings is 1. The SMILES string of the molecule is CCCCNC(=O)C1CCCN(Cc2ccccc2C)C1. The predicted molar refractivity (Wildman–Crippen MR) is 87.1 cm³/mol. The lowest BCUT2D eigenvalue weighted by Gasteiger charge is -2.32. The number of unbranched alkanes of at least 4 members (excludes halogenated alkanes) is 1. The van der Waals surface area contributed by atoms with E-state index < -0.39 is 0 Å². The van der Waals surface area contributed by atoms with Crippen molar-refractivity contribution < 1.29 is 4.79 Å². The lowest BCUT2D eigenvalue weighted by molar-refractivity contribution is -0.126. The fourth-order valence-corrected chi connectivity index (χ4v) is 2.97. The summed E-state index contributed by atoms with van der Waals surface area (Å²) in [6.45, 7) is 8.10. The molecule has 0 bridgehead atoms. The van der Waals surface area contributed by atoms with E-state index in [9.17, 15) is 4.79 Å². The zero-order chi connectivity index (χ0) is 15.1. The van der Waals surface area contributed by atoms with Crippen LogP contribution in [-0.2, 0) is 11.3 Å². The Morgan fingerprint density at radius 2 is 2.19 bits per heavy atom. The molecular formula is C18H28N2O. The number of rotatable bonds is 6. The molecule has 1 atom stereocenters. The summed E-state index contributed by atoms with van der Waals surface area (Å²) in [6, 6.07) is 8.54. The average molecular weight is 288 g/mol. The second-order valence-corrected chi connectivity index (χ2v) is 6.15. The molecule has 1 saturated heterocycles. The quantitative estimate of drug-likeness (QED) is 0.816. The van der Waals surface area contributed by atoms with Crippen molar-refractivity contribution in [3.8, 4) is 0 Å². The highest BCUT2D eigenvalue weighted by Gasteiger charge is 2.25. The molecule has 1 aliphatic rings. The first-order valence-corrected chi connectivity index (χ1v) is 8.25. The summed E-state index contributed by atoms with van der Waals surface area (Å²) in [7, 11) is 0. The molecule has 1 aliphatic heterocycles. The Morgan fingerprint density at radius 1 is 1.38 bits per heavy atom. The van der Waals surface area contributed by atoms with Gasteiger partial charge in [0.25, 0.3) is 0 Å². The van der Waals surface area contributed by atoms with E-state index in [1.54, 1.807) is 0 Å². The summed E-state index contributed by atoms with van der Waals surface area (Å²) >= 11 is 0. The van der Waals surface area contributed by atoms with E-state index in [1.165, 1.54) is 11.1 Å². The zero-order valence-corrected chi connectivity index (χ0v) is 13.4. The van der Waals surface area contributed by atoms with Gasteiger partial charge in [-0.3, -0.25) is 9.69 Å². The fraction of sp³-hybridized carbons (Fsp3) is 0.611. The van der Waals surface area contributed by atoms with Crippen LogP contribution in [0, 0.1) is 12.8 Å². The summed E-state index contributed by atoms with van der Waals surface area (Å²) in [4.78, 5) is 14.6. The number of benzene rings is 1. The van der Waals surface area contributed by atoms with Crippen LogP contribution in [0.1, 0.15) is 43.7 Å². The minimum absolute atomic E-state index is 0.166. The molecule has 0 spiro atoms. The Hall–Kier alpha value is -1.35. The van der Waals surface area contributed by atoms with Crippen LogP contribution in [0.3, 0.4) is 0 Å². The second kappa shape index (κ2) is 8.18. The lowest BCUT2D eigenvalue weighted by Crippen LogP contribution is -2.42. The monoisotopic (exact) mass is 288 g/mol. The number of amides is 1. The maximum absolute atomic E-state index is 12.2. The van der Waals surface area contributed by atoms with E-state index >= 15 is 0 Å². The van der Waals surface area contributed by atoms with Gasteiger partial charge >= 0.3 is 0 Å². The molecule has 3 heteroatoms. The molecule has 1 heterocycles. The summed E-state index contributed by atoms with van der Waals surface area (Å²) in [6.07, 6.45) is 4.36. The molecule has 116 valence electrons. The van der Waals surface area contributed by atoms with Crippen LogP contribution in [-0.4, -0.2) is 30.4 Å². The van der Waals surface area contributed by atoms with E-state index in [4.69, 9.17) is 0 Å². The molecule has 0 aromatic heterocycles. The van der Waals surface area contributed by atoms with E-state index in [-0.39, 0.29) is 11.8 Å². The van der Waals surface area contributed by atoms with Crippen LogP contribution >= 0.6 is 0 Å². The summed E-state index contributed by atoms with van der Waals surface area (Å²) in [5.74, 6) is 0.414. The van der Waals surface area contributed by atoms with Crippen LogP contribution < -0.4 is 5.32 Å². The third kappa shape index (κ3) is 4.85. The van der Waals surface area contributed by atoms with Crippen molar-refractivity contribution in [1.29, 1.82) is 0 Å². The highest BCUT2D eigenvalue weighted by Crippen LogP contribution is 2.20. The van der Waals surface area contributed by atoms with E-state index in [1.807, 2.05) is 0 Å². The van der Waals surface area contributed by atoms with Gasteiger partial charge in [0.1, 0.15) is 0 Å². The molecule has 0 radical (unpaired) electrons. The first-order chi connectivity index (χ1) is 10.2. The average Bonchev–Trinajstić information content (AvgIpc) is 2.50. The van der Waals surface area contributed by atoms with Gasteiger partial charge in [-0.15, -0.1) is 0 Å². The van der Waals surface area contributed by atoms with Crippen molar-refractivity contribution in [3.63, 3.8) is 0 Å². The molecule has 2 rings (SSSR count). The lowest BCUT2D eigenvalue weighted by atomic mass is 9.96. The van der Waals surface area contributed by atoms with Gasteiger partial charge in [-0.2, -0.15) is 0 Å². The van der Waals surface area contributed by atoms with Crippen molar-refractivity contribution in [2.45, 2.75) is 46.1 Å². The highest BCUT2D eigenvalue weighted by atomic mass is 16.1. The van der Waals surface area contributed by atoms with Gasteiger partial charge in [0.2, 0.25) is 5.91 Å². The van der Waals surface area contributed by atoms with Gasteiger partial charge in [-0.1, -0.05) is 37.6 Å². The minimum atomic E-state index is 0.166. The molecular weight excluding hydrogens is 260 g/mol. The molecule has 21 heavy (non-hydrogen) atoms. The predicted octanol–water partition coefficient (Wildman–Crippen LogP) is 3.12. The van der Waals surface area contributed by atoms with Gasteiger partial charge in [0, 0.05) is 19.6 Å². The third-order valence-corrected chi connectivity index (χ3v) is 4.36. The number of hydrogen-bond acceptors (Lipinski definition) is 2. The van der Waals surface area contributed by atoms with Crippen LogP contribution in [0.2, 0.25) is 0 Å². The summed E-state index contributed by atoms with van der Waals surface area (Å²) in [5, 5.41) is 3.08. The van der Waals surface area contributed by atoms with Crippen molar-refractivity contribution in [3.05, 3.63) is 35.4 Å². The number of aryl methyl sites for hydroxylation is 1. The van der Waals surface area contributed by atoms with E-state index in [0.717, 1.165) is 51.9 Å². The molecule has 1 aromatic carbocycles. The van der Waals surface area contributed by atoms with Gasteiger partial charge in [-0.05, 0) is 43.9 Å². The number of carbonyl (C=O) groups is 1. The van der Waals surface area contributed by atoms with Crippen molar-refractivity contribution in [1.82, 2.24) is 10.2 Å². The first kappa shape index (κ1) is 16.0. The minimum Gasteiger partial charge on any atom is -0.356 e. The Morgan fingerprint density at radius 3 is 2.95 bits per heavy atom.